The third-order valence-electron chi connectivity index (χ3n) is 4.87. The molecule has 3 heterocycles. The van der Waals surface area contributed by atoms with Crippen molar-refractivity contribution in [1.82, 2.24) is 20.1 Å². The van der Waals surface area contributed by atoms with Gasteiger partial charge in [-0.1, -0.05) is 0 Å². The molecule has 1 fully saturated rings. The Hall–Kier alpha value is -4.28. The number of hydrogen-bond acceptors (Lipinski definition) is 6. The third kappa shape index (κ3) is 4.26. The van der Waals surface area contributed by atoms with Crippen molar-refractivity contribution in [3.05, 3.63) is 60.3 Å². The first-order valence-electron chi connectivity index (χ1n) is 9.65. The molecule has 0 bridgehead atoms. The van der Waals surface area contributed by atoms with Crippen LogP contribution in [0.1, 0.15) is 17.3 Å². The van der Waals surface area contributed by atoms with Crippen LogP contribution in [0.3, 0.4) is 0 Å². The average molecular weight is 438 g/mol. The van der Waals surface area contributed by atoms with E-state index in [9.17, 15) is 18.8 Å². The Balaban J connectivity index is 1.51. The third-order valence-corrected chi connectivity index (χ3v) is 4.87. The number of halogens is 1. The number of rotatable bonds is 6. The van der Waals surface area contributed by atoms with E-state index in [1.165, 1.54) is 41.0 Å². The molecule has 0 radical (unpaired) electrons. The molecule has 1 saturated heterocycles. The van der Waals surface area contributed by atoms with E-state index in [4.69, 9.17) is 10.5 Å². The number of hydrogen-bond donors (Lipinski definition) is 2. The summed E-state index contributed by atoms with van der Waals surface area (Å²) in [7, 11) is 0. The fourth-order valence-corrected chi connectivity index (χ4v) is 3.24. The first-order valence-corrected chi connectivity index (χ1v) is 9.65. The number of pyridine rings is 1. The zero-order valence-corrected chi connectivity index (χ0v) is 17.0. The van der Waals surface area contributed by atoms with Gasteiger partial charge in [0.15, 0.2) is 5.82 Å². The molecule has 2 aromatic heterocycles. The van der Waals surface area contributed by atoms with Gasteiger partial charge in [0.25, 0.3) is 0 Å². The number of carbonyl (C=O) groups excluding carboxylic acids is 3. The second-order valence-corrected chi connectivity index (χ2v) is 7.16. The SMILES string of the molecule is CC(=O)NC[C@H]1CN(c2ccc(-n3cc(-c4ccc(C(N)=O)cn4)cn3)c(F)c2)C(=O)O1. The van der Waals surface area contributed by atoms with Crippen LogP contribution in [0.4, 0.5) is 14.9 Å². The van der Waals surface area contributed by atoms with Crippen molar-refractivity contribution in [2.75, 3.05) is 18.0 Å². The highest BCUT2D eigenvalue weighted by molar-refractivity contribution is 5.92. The minimum absolute atomic E-state index is 0.177. The maximum atomic E-state index is 14.9. The number of aromatic nitrogens is 3. The first-order chi connectivity index (χ1) is 15.3. The number of carbonyl (C=O) groups is 3. The summed E-state index contributed by atoms with van der Waals surface area (Å²) in [5, 5.41) is 6.77. The van der Waals surface area contributed by atoms with Crippen LogP contribution in [0, 0.1) is 5.82 Å². The maximum Gasteiger partial charge on any atom is 0.414 e. The lowest BCUT2D eigenvalue weighted by Crippen LogP contribution is -2.33. The monoisotopic (exact) mass is 438 g/mol. The summed E-state index contributed by atoms with van der Waals surface area (Å²) in [5.41, 5.74) is 7.17. The highest BCUT2D eigenvalue weighted by atomic mass is 19.1. The normalized spacial score (nSPS) is 15.5. The van der Waals surface area contributed by atoms with Gasteiger partial charge in [0.1, 0.15) is 11.8 Å². The molecule has 0 spiro atoms. The zero-order chi connectivity index (χ0) is 22.8. The number of nitrogens with two attached hydrogens (primary N) is 1. The standard InChI is InChI=1S/C21H19FN6O4/c1-12(29)24-9-16-11-27(21(31)32-16)15-3-5-19(17(22)6-15)28-10-14(8-26-28)18-4-2-13(7-25-18)20(23)30/h2-8,10,16H,9,11H2,1H3,(H2,23,30)(H,24,29)/t16-/m0/s1. The number of nitrogens with one attached hydrogen (secondary N) is 1. The molecular formula is C21H19FN6O4. The fraction of sp³-hybridized carbons (Fsp3) is 0.190. The summed E-state index contributed by atoms with van der Waals surface area (Å²) < 4.78 is 21.4. The van der Waals surface area contributed by atoms with Crippen molar-refractivity contribution < 1.29 is 23.5 Å². The summed E-state index contributed by atoms with van der Waals surface area (Å²) in [5.74, 6) is -1.40. The molecular weight excluding hydrogens is 419 g/mol. The van der Waals surface area contributed by atoms with Crippen LogP contribution in [0.25, 0.3) is 16.9 Å². The van der Waals surface area contributed by atoms with E-state index in [-0.39, 0.29) is 30.2 Å². The van der Waals surface area contributed by atoms with Gasteiger partial charge < -0.3 is 15.8 Å². The summed E-state index contributed by atoms with van der Waals surface area (Å²) in [6.07, 6.45) is 3.34. The summed E-state index contributed by atoms with van der Waals surface area (Å²) in [4.78, 5) is 39.8. The van der Waals surface area contributed by atoms with Crippen molar-refractivity contribution in [3.63, 3.8) is 0 Å². The molecule has 3 N–H and O–H groups in total. The van der Waals surface area contributed by atoms with Crippen molar-refractivity contribution >= 4 is 23.6 Å². The van der Waals surface area contributed by atoms with Crippen LogP contribution in [-0.4, -0.2) is 51.9 Å². The second-order valence-electron chi connectivity index (χ2n) is 7.16. The number of ether oxygens (including phenoxy) is 1. The van der Waals surface area contributed by atoms with E-state index in [2.05, 4.69) is 15.4 Å². The molecule has 1 aliphatic heterocycles. The molecule has 164 valence electrons. The van der Waals surface area contributed by atoms with Gasteiger partial charge >= 0.3 is 6.09 Å². The molecule has 0 unspecified atom stereocenters. The van der Waals surface area contributed by atoms with Gasteiger partial charge in [-0.15, -0.1) is 0 Å². The zero-order valence-electron chi connectivity index (χ0n) is 17.0. The fourth-order valence-electron chi connectivity index (χ4n) is 3.24. The number of primary amides is 1. The number of anilines is 1. The number of benzene rings is 1. The molecule has 1 aliphatic rings. The van der Waals surface area contributed by atoms with Gasteiger partial charge in [-0.25, -0.2) is 13.9 Å². The lowest BCUT2D eigenvalue weighted by molar-refractivity contribution is -0.119. The topological polar surface area (TPSA) is 132 Å². The van der Waals surface area contributed by atoms with Gasteiger partial charge in [0, 0.05) is 24.9 Å². The molecule has 0 aliphatic carbocycles. The minimum atomic E-state index is -0.612. The lowest BCUT2D eigenvalue weighted by atomic mass is 10.2. The van der Waals surface area contributed by atoms with E-state index in [0.29, 0.717) is 16.9 Å². The molecule has 3 amide bonds. The second kappa shape index (κ2) is 8.46. The smallest absolute Gasteiger partial charge is 0.414 e. The molecule has 4 rings (SSSR count). The number of nitrogens with zero attached hydrogens (tertiary/aromatic N) is 4. The van der Waals surface area contributed by atoms with Crippen LogP contribution < -0.4 is 16.0 Å². The highest BCUT2D eigenvalue weighted by Gasteiger charge is 2.32. The Bertz CT molecular complexity index is 1190. The van der Waals surface area contributed by atoms with E-state index in [1.807, 2.05) is 0 Å². The molecule has 10 nitrogen and oxygen atoms in total. The van der Waals surface area contributed by atoms with Gasteiger partial charge in [-0.05, 0) is 30.3 Å². The molecule has 1 aromatic carbocycles. The Morgan fingerprint density at radius 1 is 1.28 bits per heavy atom. The van der Waals surface area contributed by atoms with Crippen molar-refractivity contribution in [1.29, 1.82) is 0 Å². The Labute approximate surface area is 181 Å². The van der Waals surface area contributed by atoms with Gasteiger partial charge in [-0.3, -0.25) is 19.5 Å². The predicted octanol–water partition coefficient (Wildman–Crippen LogP) is 1.63. The maximum absolute atomic E-state index is 14.9. The van der Waals surface area contributed by atoms with Crippen LogP contribution in [0.15, 0.2) is 48.9 Å². The Morgan fingerprint density at radius 3 is 2.75 bits per heavy atom. The Morgan fingerprint density at radius 2 is 2.09 bits per heavy atom. The average Bonchev–Trinajstić information content (AvgIpc) is 3.39. The predicted molar refractivity (Wildman–Crippen MR) is 112 cm³/mol. The van der Waals surface area contributed by atoms with Gasteiger partial charge in [0.05, 0.1) is 36.2 Å². The van der Waals surface area contributed by atoms with Crippen LogP contribution in [0.2, 0.25) is 0 Å². The largest absolute Gasteiger partial charge is 0.442 e. The molecule has 11 heteroatoms. The van der Waals surface area contributed by atoms with E-state index < -0.39 is 23.9 Å². The summed E-state index contributed by atoms with van der Waals surface area (Å²) in [6.45, 7) is 1.75. The summed E-state index contributed by atoms with van der Waals surface area (Å²) >= 11 is 0. The first kappa shape index (κ1) is 21.0. The van der Waals surface area contributed by atoms with Crippen molar-refractivity contribution in [3.8, 4) is 16.9 Å². The van der Waals surface area contributed by atoms with Gasteiger partial charge in [0.2, 0.25) is 11.8 Å². The minimum Gasteiger partial charge on any atom is -0.442 e. The number of amides is 3. The molecule has 32 heavy (non-hydrogen) atoms. The molecule has 3 aromatic rings. The van der Waals surface area contributed by atoms with E-state index >= 15 is 0 Å². The molecule has 1 atom stereocenters. The van der Waals surface area contributed by atoms with Crippen LogP contribution in [0.5, 0.6) is 0 Å². The van der Waals surface area contributed by atoms with Crippen LogP contribution in [-0.2, 0) is 9.53 Å². The van der Waals surface area contributed by atoms with Crippen molar-refractivity contribution in [2.24, 2.45) is 5.73 Å². The van der Waals surface area contributed by atoms with Crippen LogP contribution >= 0.6 is 0 Å². The quantitative estimate of drug-likeness (QED) is 0.601. The highest BCUT2D eigenvalue weighted by Crippen LogP contribution is 2.26. The molecule has 0 saturated carbocycles. The van der Waals surface area contributed by atoms with Crippen molar-refractivity contribution in [2.45, 2.75) is 13.0 Å². The Kier molecular flexibility index (Phi) is 5.54. The summed E-state index contributed by atoms with van der Waals surface area (Å²) in [6, 6.07) is 7.48. The number of cyclic esters (lactones) is 1. The lowest BCUT2D eigenvalue weighted by Gasteiger charge is -2.14. The van der Waals surface area contributed by atoms with E-state index in [1.54, 1.807) is 24.4 Å². The van der Waals surface area contributed by atoms with Gasteiger partial charge in [-0.2, -0.15) is 5.10 Å². The van der Waals surface area contributed by atoms with E-state index in [0.717, 1.165) is 0 Å².